The van der Waals surface area contributed by atoms with Crippen LogP contribution in [0, 0.1) is 0 Å². The van der Waals surface area contributed by atoms with Gasteiger partial charge in [0.15, 0.2) is 0 Å². The summed E-state index contributed by atoms with van der Waals surface area (Å²) in [6.45, 7) is 13.5. The maximum Gasteiger partial charge on any atom is 0.146 e. The third-order valence-electron chi connectivity index (χ3n) is 7.25. The van der Waals surface area contributed by atoms with E-state index in [1.54, 1.807) is 0 Å². The molecule has 4 nitrogen and oxygen atoms in total. The summed E-state index contributed by atoms with van der Waals surface area (Å²) in [6.07, 6.45) is 1.83. The van der Waals surface area contributed by atoms with E-state index in [4.69, 9.17) is 4.98 Å². The molecule has 1 N–H and O–H groups in total. The number of rotatable bonds is 3. The lowest BCUT2D eigenvalue weighted by molar-refractivity contribution is 0.557. The van der Waals surface area contributed by atoms with Gasteiger partial charge in [0.2, 0.25) is 0 Å². The number of nitrogens with zero attached hydrogens (tertiary/aromatic N) is 3. The second kappa shape index (κ2) is 8.70. The molecule has 38 heavy (non-hydrogen) atoms. The summed E-state index contributed by atoms with van der Waals surface area (Å²) in [6, 6.07) is 30.1. The van der Waals surface area contributed by atoms with Gasteiger partial charge in [-0.1, -0.05) is 71.9 Å². The Bertz CT molecular complexity index is 1770. The smallest absolute Gasteiger partial charge is 0.146 e. The van der Waals surface area contributed by atoms with E-state index >= 15 is 0 Å². The molecule has 0 spiro atoms. The van der Waals surface area contributed by atoms with Gasteiger partial charge in [-0.05, 0) is 65.6 Å². The van der Waals surface area contributed by atoms with E-state index in [1.807, 2.05) is 24.4 Å². The summed E-state index contributed by atoms with van der Waals surface area (Å²) in [5, 5.41) is 2.35. The Hall–Kier alpha value is -4.18. The van der Waals surface area contributed by atoms with E-state index in [2.05, 4.69) is 123 Å². The highest BCUT2D eigenvalue weighted by molar-refractivity contribution is 5.87. The fraction of sp³-hybridized carbons (Fsp3) is 0.235. The second-order valence-corrected chi connectivity index (χ2v) is 12.2. The summed E-state index contributed by atoms with van der Waals surface area (Å²) in [5.41, 5.74) is 8.75. The molecule has 0 unspecified atom stereocenters. The number of fused-ring (bicyclic) bond motifs is 2. The van der Waals surface area contributed by atoms with Crippen LogP contribution in [0.25, 0.3) is 50.3 Å². The van der Waals surface area contributed by atoms with Crippen LogP contribution in [0.2, 0.25) is 0 Å². The van der Waals surface area contributed by atoms with Gasteiger partial charge in [0.05, 0.1) is 11.4 Å². The first-order valence-electron chi connectivity index (χ1n) is 13.3. The SMILES string of the molecule is CC(C)(C)c1ccc2[nH]c(-n3c(C(C)(C)C)cc4ccc(-c5cccc(-c6ccccn6)c5)nc43)cc2c1. The number of nitrogens with one attached hydrogen (secondary N) is 1. The molecule has 0 aliphatic rings. The van der Waals surface area contributed by atoms with E-state index < -0.39 is 0 Å². The predicted molar refractivity (Wildman–Crippen MR) is 159 cm³/mol. The van der Waals surface area contributed by atoms with E-state index in [1.165, 1.54) is 16.6 Å². The number of H-pyrrole nitrogens is 1. The maximum absolute atomic E-state index is 5.24. The highest BCUT2D eigenvalue weighted by Crippen LogP contribution is 2.35. The quantitative estimate of drug-likeness (QED) is 0.265. The molecule has 6 aromatic rings. The van der Waals surface area contributed by atoms with Crippen LogP contribution in [0.5, 0.6) is 0 Å². The number of aromatic amines is 1. The zero-order valence-corrected chi connectivity index (χ0v) is 23.0. The summed E-state index contributed by atoms with van der Waals surface area (Å²) < 4.78 is 2.30. The van der Waals surface area contributed by atoms with Gasteiger partial charge in [0.1, 0.15) is 11.5 Å². The first-order chi connectivity index (χ1) is 18.1. The standard InChI is InChI=1S/C34H34N4/c1-33(2,3)26-14-16-29-25(19-26)21-31(36-29)38-30(34(4,5)6)20-24-13-15-28(37-32(24)38)23-11-9-10-22(18-23)27-12-7-8-17-35-27/h7-21,36H,1-6H3. The molecule has 4 aromatic heterocycles. The molecule has 0 aliphatic carbocycles. The molecule has 4 heteroatoms. The summed E-state index contributed by atoms with van der Waals surface area (Å²) in [5.74, 6) is 1.04. The third kappa shape index (κ3) is 4.30. The van der Waals surface area contributed by atoms with Crippen molar-refractivity contribution in [1.82, 2.24) is 19.5 Å². The van der Waals surface area contributed by atoms with Crippen molar-refractivity contribution in [3.8, 4) is 28.3 Å². The maximum atomic E-state index is 5.24. The van der Waals surface area contributed by atoms with E-state index in [0.717, 1.165) is 44.9 Å². The number of aromatic nitrogens is 4. The number of pyridine rings is 2. The van der Waals surface area contributed by atoms with Crippen molar-refractivity contribution in [2.24, 2.45) is 0 Å². The first kappa shape index (κ1) is 24.2. The van der Waals surface area contributed by atoms with Gasteiger partial charge in [0.25, 0.3) is 0 Å². The summed E-state index contributed by atoms with van der Waals surface area (Å²) in [7, 11) is 0. The van der Waals surface area contributed by atoms with Gasteiger partial charge < -0.3 is 4.98 Å². The van der Waals surface area contributed by atoms with E-state index in [0.29, 0.717) is 0 Å². The van der Waals surface area contributed by atoms with Crippen molar-refractivity contribution in [3.63, 3.8) is 0 Å². The van der Waals surface area contributed by atoms with Crippen molar-refractivity contribution >= 4 is 21.9 Å². The molecule has 0 fully saturated rings. The zero-order valence-electron chi connectivity index (χ0n) is 23.0. The molecule has 0 bridgehead atoms. The molecular formula is C34H34N4. The van der Waals surface area contributed by atoms with Crippen LogP contribution >= 0.6 is 0 Å². The molecular weight excluding hydrogens is 464 g/mol. The van der Waals surface area contributed by atoms with Crippen molar-refractivity contribution in [2.45, 2.75) is 52.4 Å². The Morgan fingerprint density at radius 2 is 1.45 bits per heavy atom. The van der Waals surface area contributed by atoms with Crippen molar-refractivity contribution < 1.29 is 0 Å². The normalized spacial score (nSPS) is 12.5. The Morgan fingerprint density at radius 3 is 2.16 bits per heavy atom. The molecule has 0 saturated carbocycles. The summed E-state index contributed by atoms with van der Waals surface area (Å²) in [4.78, 5) is 13.5. The zero-order chi connectivity index (χ0) is 26.7. The van der Waals surface area contributed by atoms with Crippen LogP contribution in [-0.4, -0.2) is 19.5 Å². The topological polar surface area (TPSA) is 46.5 Å². The van der Waals surface area contributed by atoms with Crippen LogP contribution in [0.3, 0.4) is 0 Å². The van der Waals surface area contributed by atoms with Crippen LogP contribution in [-0.2, 0) is 10.8 Å². The van der Waals surface area contributed by atoms with Crippen LogP contribution in [0.4, 0.5) is 0 Å². The van der Waals surface area contributed by atoms with Crippen molar-refractivity contribution in [2.75, 3.05) is 0 Å². The largest absolute Gasteiger partial charge is 0.341 e. The lowest BCUT2D eigenvalue weighted by atomic mass is 9.86. The predicted octanol–water partition coefficient (Wildman–Crippen LogP) is 8.83. The highest BCUT2D eigenvalue weighted by atomic mass is 15.1. The van der Waals surface area contributed by atoms with Crippen LogP contribution in [0.1, 0.15) is 52.8 Å². The lowest BCUT2D eigenvalue weighted by Gasteiger charge is -2.21. The van der Waals surface area contributed by atoms with Gasteiger partial charge in [-0.3, -0.25) is 9.55 Å². The van der Waals surface area contributed by atoms with E-state index in [9.17, 15) is 0 Å². The number of benzene rings is 2. The van der Waals surface area contributed by atoms with Gasteiger partial charge in [0, 0.05) is 44.7 Å². The molecule has 6 rings (SSSR count). The first-order valence-corrected chi connectivity index (χ1v) is 13.3. The van der Waals surface area contributed by atoms with Crippen LogP contribution < -0.4 is 0 Å². The highest BCUT2D eigenvalue weighted by Gasteiger charge is 2.24. The Morgan fingerprint density at radius 1 is 0.658 bits per heavy atom. The minimum absolute atomic E-state index is 0.0619. The molecule has 0 aliphatic heterocycles. The molecule has 4 heterocycles. The minimum atomic E-state index is -0.0619. The van der Waals surface area contributed by atoms with Crippen molar-refractivity contribution in [1.29, 1.82) is 0 Å². The van der Waals surface area contributed by atoms with Gasteiger partial charge in [-0.2, -0.15) is 0 Å². The molecule has 0 saturated heterocycles. The van der Waals surface area contributed by atoms with Gasteiger partial charge in [-0.25, -0.2) is 4.98 Å². The summed E-state index contributed by atoms with van der Waals surface area (Å²) >= 11 is 0. The fourth-order valence-corrected chi connectivity index (χ4v) is 5.11. The minimum Gasteiger partial charge on any atom is -0.341 e. The number of hydrogen-bond acceptors (Lipinski definition) is 2. The van der Waals surface area contributed by atoms with Gasteiger partial charge >= 0.3 is 0 Å². The average Bonchev–Trinajstić information content (AvgIpc) is 3.49. The second-order valence-electron chi connectivity index (χ2n) is 12.2. The molecule has 190 valence electrons. The Labute approximate surface area is 224 Å². The molecule has 0 radical (unpaired) electrons. The van der Waals surface area contributed by atoms with Gasteiger partial charge in [-0.15, -0.1) is 0 Å². The van der Waals surface area contributed by atoms with Crippen molar-refractivity contribution in [3.05, 3.63) is 102 Å². The third-order valence-corrected chi connectivity index (χ3v) is 7.25. The lowest BCUT2D eigenvalue weighted by Crippen LogP contribution is -2.17. The van der Waals surface area contributed by atoms with Crippen LogP contribution in [0.15, 0.2) is 91.1 Å². The molecule has 0 atom stereocenters. The molecule has 2 aromatic carbocycles. The Balaban J connectivity index is 1.53. The Kier molecular flexibility index (Phi) is 5.53. The fourth-order valence-electron chi connectivity index (χ4n) is 5.11. The number of hydrogen-bond donors (Lipinski definition) is 1. The monoisotopic (exact) mass is 498 g/mol. The average molecular weight is 499 g/mol. The van der Waals surface area contributed by atoms with E-state index in [-0.39, 0.29) is 10.8 Å². The molecule has 0 amide bonds.